The van der Waals surface area contributed by atoms with Crippen molar-refractivity contribution in [3.05, 3.63) is 95.6 Å². The number of nitrogens with zero attached hydrogens (tertiary/aromatic N) is 1. The molecule has 5 heteroatoms. The minimum Gasteiger partial charge on any atom is -0.485 e. The minimum atomic E-state index is -0.686. The second-order valence-electron chi connectivity index (χ2n) is 6.01. The van der Waals surface area contributed by atoms with Crippen molar-refractivity contribution in [1.29, 1.82) is 0 Å². The van der Waals surface area contributed by atoms with E-state index in [4.69, 9.17) is 4.74 Å². The van der Waals surface area contributed by atoms with E-state index in [-0.39, 0.29) is 11.8 Å². The predicted octanol–water partition coefficient (Wildman–Crippen LogP) is 5.30. The van der Waals surface area contributed by atoms with E-state index in [9.17, 15) is 8.78 Å². The van der Waals surface area contributed by atoms with E-state index in [1.165, 1.54) is 12.1 Å². The van der Waals surface area contributed by atoms with E-state index in [0.29, 0.717) is 6.42 Å². The van der Waals surface area contributed by atoms with Gasteiger partial charge in [0.1, 0.15) is 17.7 Å². The molecule has 0 radical (unpaired) electrons. The quantitative estimate of drug-likeness (QED) is 0.650. The van der Waals surface area contributed by atoms with Crippen LogP contribution in [0.15, 0.2) is 77.9 Å². The molecule has 1 N–H and O–H groups in total. The van der Waals surface area contributed by atoms with Crippen LogP contribution in [-0.2, 0) is 0 Å². The van der Waals surface area contributed by atoms with Crippen molar-refractivity contribution in [3.63, 3.8) is 0 Å². The predicted molar refractivity (Wildman–Crippen MR) is 97.4 cm³/mol. The van der Waals surface area contributed by atoms with Gasteiger partial charge in [-0.05, 0) is 29.8 Å². The summed E-state index contributed by atoms with van der Waals surface area (Å²) in [7, 11) is 0. The van der Waals surface area contributed by atoms with E-state index < -0.39 is 11.6 Å². The van der Waals surface area contributed by atoms with Crippen LogP contribution in [0.5, 0.6) is 5.75 Å². The van der Waals surface area contributed by atoms with E-state index >= 15 is 0 Å². The molecule has 0 fully saturated rings. The molecule has 1 aliphatic rings. The minimum absolute atomic E-state index is 0.124. The molecule has 1 heterocycles. The first kappa shape index (κ1) is 16.3. The number of hydrazone groups is 1. The number of ether oxygens (including phenoxy) is 1. The van der Waals surface area contributed by atoms with Gasteiger partial charge in [0.05, 0.1) is 11.4 Å². The highest BCUT2D eigenvalue weighted by Crippen LogP contribution is 2.35. The summed E-state index contributed by atoms with van der Waals surface area (Å²) in [6, 6.07) is 20.8. The van der Waals surface area contributed by atoms with E-state index in [1.54, 1.807) is 0 Å². The third-order valence-electron chi connectivity index (χ3n) is 4.26. The Morgan fingerprint density at radius 2 is 1.69 bits per heavy atom. The second-order valence-corrected chi connectivity index (χ2v) is 6.01. The molecule has 0 aliphatic carbocycles. The normalized spacial score (nSPS) is 17.5. The molecule has 130 valence electrons. The average molecular weight is 350 g/mol. The number of anilines is 1. The van der Waals surface area contributed by atoms with Gasteiger partial charge in [0.2, 0.25) is 0 Å². The highest BCUT2D eigenvalue weighted by atomic mass is 19.1. The fourth-order valence-electron chi connectivity index (χ4n) is 2.96. The highest BCUT2D eigenvalue weighted by Gasteiger charge is 2.26. The first-order valence-corrected chi connectivity index (χ1v) is 8.29. The fraction of sp³-hybridized carbons (Fsp3) is 0.0952. The smallest absolute Gasteiger partial charge is 0.151 e. The van der Waals surface area contributed by atoms with Crippen LogP contribution in [-0.4, -0.2) is 5.71 Å². The third kappa shape index (κ3) is 3.28. The molecule has 0 aromatic heterocycles. The summed E-state index contributed by atoms with van der Waals surface area (Å²) in [5, 5.41) is 4.39. The summed E-state index contributed by atoms with van der Waals surface area (Å²) < 4.78 is 33.0. The Kier molecular flexibility index (Phi) is 4.35. The summed E-state index contributed by atoms with van der Waals surface area (Å²) in [5.74, 6) is -0.580. The first-order valence-electron chi connectivity index (χ1n) is 8.29. The van der Waals surface area contributed by atoms with E-state index in [0.717, 1.165) is 28.7 Å². The molecule has 3 nitrogen and oxygen atoms in total. The van der Waals surface area contributed by atoms with Gasteiger partial charge < -0.3 is 4.74 Å². The van der Waals surface area contributed by atoms with Crippen molar-refractivity contribution in [2.45, 2.75) is 12.5 Å². The van der Waals surface area contributed by atoms with Crippen molar-refractivity contribution < 1.29 is 13.5 Å². The lowest BCUT2D eigenvalue weighted by Crippen LogP contribution is -2.21. The topological polar surface area (TPSA) is 33.6 Å². The number of halogens is 2. The fourth-order valence-corrected chi connectivity index (χ4v) is 2.96. The zero-order valence-corrected chi connectivity index (χ0v) is 13.8. The lowest BCUT2D eigenvalue weighted by Gasteiger charge is -2.27. The van der Waals surface area contributed by atoms with Gasteiger partial charge in [0, 0.05) is 18.1 Å². The summed E-state index contributed by atoms with van der Waals surface area (Å²) in [5.41, 5.74) is 5.49. The van der Waals surface area contributed by atoms with Crippen LogP contribution in [0.1, 0.15) is 23.7 Å². The summed E-state index contributed by atoms with van der Waals surface area (Å²) in [6.45, 7) is 0. The van der Waals surface area contributed by atoms with Crippen molar-refractivity contribution in [2.24, 2.45) is 5.10 Å². The number of hydrogen-bond donors (Lipinski definition) is 1. The molecule has 4 rings (SSSR count). The van der Waals surface area contributed by atoms with Gasteiger partial charge in [0.25, 0.3) is 0 Å². The average Bonchev–Trinajstić information content (AvgIpc) is 2.67. The lowest BCUT2D eigenvalue weighted by atomic mass is 9.96. The molecule has 0 unspecified atom stereocenters. The van der Waals surface area contributed by atoms with Gasteiger partial charge in [-0.1, -0.05) is 42.5 Å². The monoisotopic (exact) mass is 350 g/mol. The maximum atomic E-state index is 13.8. The van der Waals surface area contributed by atoms with Gasteiger partial charge in [0.15, 0.2) is 5.82 Å². The molecule has 0 spiro atoms. The van der Waals surface area contributed by atoms with Crippen LogP contribution in [0.2, 0.25) is 0 Å². The van der Waals surface area contributed by atoms with E-state index in [2.05, 4.69) is 10.5 Å². The van der Waals surface area contributed by atoms with Crippen LogP contribution in [0.4, 0.5) is 14.5 Å². The lowest BCUT2D eigenvalue weighted by molar-refractivity contribution is 0.206. The molecule has 3 aromatic carbocycles. The maximum absolute atomic E-state index is 13.8. The van der Waals surface area contributed by atoms with Crippen molar-refractivity contribution in [2.75, 3.05) is 5.43 Å². The first-order chi connectivity index (χ1) is 12.7. The summed E-state index contributed by atoms with van der Waals surface area (Å²) in [4.78, 5) is 0. The van der Waals surface area contributed by atoms with Crippen LogP contribution in [0.25, 0.3) is 0 Å². The number of benzene rings is 3. The standard InChI is InChI=1S/C21H16F2N2O/c22-15-10-11-18(17(23)12-15)24-25-19-13-21(14-6-2-1-3-7-14)26-20-9-5-4-8-16(19)20/h1-12,21,24H,13H2/t21-/m0/s1. The Hall–Kier alpha value is -3.21. The number of para-hydroxylation sites is 1. The molecule has 0 bridgehead atoms. The third-order valence-corrected chi connectivity index (χ3v) is 4.26. The largest absolute Gasteiger partial charge is 0.485 e. The summed E-state index contributed by atoms with van der Waals surface area (Å²) in [6.07, 6.45) is 0.362. The molecule has 0 saturated carbocycles. The van der Waals surface area contributed by atoms with Gasteiger partial charge in [-0.25, -0.2) is 8.78 Å². The maximum Gasteiger partial charge on any atom is 0.151 e. The molecule has 3 aromatic rings. The zero-order chi connectivity index (χ0) is 17.9. The molecule has 0 amide bonds. The Bertz CT molecular complexity index is 957. The molecule has 0 saturated heterocycles. The van der Waals surface area contributed by atoms with Gasteiger partial charge in [-0.15, -0.1) is 0 Å². The van der Waals surface area contributed by atoms with Gasteiger partial charge >= 0.3 is 0 Å². The van der Waals surface area contributed by atoms with Crippen molar-refractivity contribution in [3.8, 4) is 5.75 Å². The number of fused-ring (bicyclic) bond motifs is 1. The van der Waals surface area contributed by atoms with E-state index in [1.807, 2.05) is 54.6 Å². The Morgan fingerprint density at radius 3 is 2.50 bits per heavy atom. The van der Waals surface area contributed by atoms with Gasteiger partial charge in [-0.2, -0.15) is 5.10 Å². The van der Waals surface area contributed by atoms with Gasteiger partial charge in [-0.3, -0.25) is 5.43 Å². The summed E-state index contributed by atoms with van der Waals surface area (Å²) >= 11 is 0. The number of nitrogens with one attached hydrogen (secondary N) is 1. The van der Waals surface area contributed by atoms with Crippen molar-refractivity contribution >= 4 is 11.4 Å². The van der Waals surface area contributed by atoms with Crippen LogP contribution in [0, 0.1) is 11.6 Å². The van der Waals surface area contributed by atoms with Crippen LogP contribution >= 0.6 is 0 Å². The van der Waals surface area contributed by atoms with Crippen molar-refractivity contribution in [1.82, 2.24) is 0 Å². The zero-order valence-electron chi connectivity index (χ0n) is 13.8. The molecular formula is C21H16F2N2O. The second kappa shape index (κ2) is 6.96. The Labute approximate surface area is 149 Å². The number of hydrogen-bond acceptors (Lipinski definition) is 3. The SMILES string of the molecule is Fc1ccc(NN=C2C[C@@H](c3ccccc3)Oc3ccccc32)c(F)c1. The molecule has 26 heavy (non-hydrogen) atoms. The van der Waals surface area contributed by atoms with Crippen LogP contribution in [0.3, 0.4) is 0 Å². The number of rotatable bonds is 3. The Morgan fingerprint density at radius 1 is 0.923 bits per heavy atom. The highest BCUT2D eigenvalue weighted by molar-refractivity contribution is 6.04. The molecule has 1 atom stereocenters. The molecular weight excluding hydrogens is 334 g/mol. The Balaban J connectivity index is 1.67. The molecule has 1 aliphatic heterocycles. The van der Waals surface area contributed by atoms with Crippen LogP contribution < -0.4 is 10.2 Å².